The van der Waals surface area contributed by atoms with E-state index in [0.717, 1.165) is 22.3 Å². The lowest BCUT2D eigenvalue weighted by Crippen LogP contribution is -2.59. The van der Waals surface area contributed by atoms with Gasteiger partial charge >= 0.3 is 6.18 Å². The highest BCUT2D eigenvalue weighted by Crippen LogP contribution is 2.49. The fourth-order valence-corrected chi connectivity index (χ4v) is 9.59. The Bertz CT molecular complexity index is 2500. The van der Waals surface area contributed by atoms with Gasteiger partial charge in [-0.05, 0) is 61.1 Å². The number of benzene rings is 2. The first-order valence-corrected chi connectivity index (χ1v) is 21.7. The summed E-state index contributed by atoms with van der Waals surface area (Å²) in [6.07, 6.45) is -7.90. The number of carbonyl (C=O) groups excluding carboxylic acids is 3. The molecule has 2 saturated carbocycles. The lowest BCUT2D eigenvalue weighted by Gasteiger charge is -2.35. The molecule has 2 aromatic heterocycles. The summed E-state index contributed by atoms with van der Waals surface area (Å²) in [4.78, 5) is 52.4. The van der Waals surface area contributed by atoms with E-state index in [9.17, 15) is 49.1 Å². The van der Waals surface area contributed by atoms with Gasteiger partial charge in [0.15, 0.2) is 5.13 Å². The Morgan fingerprint density at radius 3 is 2.41 bits per heavy atom. The van der Waals surface area contributed by atoms with Gasteiger partial charge in [0, 0.05) is 33.2 Å². The van der Waals surface area contributed by atoms with Gasteiger partial charge in [0.05, 0.1) is 42.3 Å². The molecule has 2 aliphatic carbocycles. The molecule has 0 spiro atoms. The van der Waals surface area contributed by atoms with Crippen molar-refractivity contribution in [2.75, 3.05) is 19.0 Å². The van der Waals surface area contributed by atoms with Crippen molar-refractivity contribution in [1.29, 1.82) is 0 Å². The molecular weight excluding hydrogens is 878 g/mol. The number of rotatable bonds is 13. The first-order chi connectivity index (χ1) is 28.5. The molecule has 0 bridgehead atoms. The van der Waals surface area contributed by atoms with Gasteiger partial charge in [-0.3, -0.25) is 19.1 Å². The lowest BCUT2D eigenvalue weighted by molar-refractivity contribution is -0.142. The third-order valence-electron chi connectivity index (χ3n) is 10.8. The van der Waals surface area contributed by atoms with E-state index in [1.807, 2.05) is 4.72 Å². The zero-order valence-electron chi connectivity index (χ0n) is 32.8. The van der Waals surface area contributed by atoms with Gasteiger partial charge in [-0.15, -0.1) is 11.3 Å². The van der Waals surface area contributed by atoms with E-state index in [1.165, 1.54) is 18.7 Å². The van der Waals surface area contributed by atoms with E-state index in [-0.39, 0.29) is 48.1 Å². The van der Waals surface area contributed by atoms with E-state index < -0.39 is 98.5 Å². The number of halogens is 7. The normalized spacial score (nSPS) is 22.2. The maximum atomic E-state index is 14.8. The molecule has 3 heterocycles. The first-order valence-electron chi connectivity index (χ1n) is 18.9. The predicted octanol–water partition coefficient (Wildman–Crippen LogP) is 6.80. The monoisotopic (exact) mass is 916 g/mol. The van der Waals surface area contributed by atoms with Gasteiger partial charge in [-0.2, -0.15) is 13.2 Å². The Morgan fingerprint density at radius 1 is 1.07 bits per heavy atom. The van der Waals surface area contributed by atoms with Gasteiger partial charge in [0.25, 0.3) is 5.91 Å². The molecule has 5 atom stereocenters. The number of anilines is 1. The van der Waals surface area contributed by atoms with Gasteiger partial charge in [-0.1, -0.05) is 32.4 Å². The average Bonchev–Trinajstić information content (AvgIpc) is 4.07. The Labute approximate surface area is 354 Å². The number of ether oxygens (including phenoxy) is 2. The predicted molar refractivity (Wildman–Crippen MR) is 212 cm³/mol. The van der Waals surface area contributed by atoms with Gasteiger partial charge in [0.1, 0.15) is 35.3 Å². The molecule has 0 unspecified atom stereocenters. The molecule has 13 nitrogen and oxygen atoms in total. The van der Waals surface area contributed by atoms with Crippen LogP contribution in [-0.4, -0.2) is 90.1 Å². The molecule has 0 radical (unpaired) electrons. The van der Waals surface area contributed by atoms with Crippen LogP contribution in [0.1, 0.15) is 52.0 Å². The van der Waals surface area contributed by atoms with E-state index in [0.29, 0.717) is 33.7 Å². The van der Waals surface area contributed by atoms with Crippen LogP contribution in [0.2, 0.25) is 5.02 Å². The molecule has 3 N–H and O–H groups in total. The number of carbonyl (C=O) groups is 3. The van der Waals surface area contributed by atoms with E-state index in [4.69, 9.17) is 21.1 Å². The summed E-state index contributed by atoms with van der Waals surface area (Å²) >= 11 is 7.25. The molecule has 2 aromatic carbocycles. The van der Waals surface area contributed by atoms with Crippen molar-refractivity contribution in [1.82, 2.24) is 24.9 Å². The van der Waals surface area contributed by atoms with E-state index in [1.54, 1.807) is 39.0 Å². The summed E-state index contributed by atoms with van der Waals surface area (Å²) in [7, 11) is -2.75. The minimum absolute atomic E-state index is 0.0426. The quantitative estimate of drug-likeness (QED) is 0.121. The van der Waals surface area contributed by atoms with Crippen LogP contribution < -0.4 is 24.8 Å². The lowest BCUT2D eigenvalue weighted by atomic mass is 9.85. The number of hydrogen-bond acceptors (Lipinski definition) is 11. The molecule has 328 valence electrons. The van der Waals surface area contributed by atoms with Gasteiger partial charge in [-0.25, -0.2) is 31.6 Å². The molecule has 7 rings (SSSR count). The maximum Gasteiger partial charge on any atom is 0.419 e. The van der Waals surface area contributed by atoms with Crippen LogP contribution in [0.4, 0.5) is 31.5 Å². The second-order valence-electron chi connectivity index (χ2n) is 16.3. The smallest absolute Gasteiger partial charge is 0.419 e. The number of likely N-dealkylation sites (tertiary alicyclic amines) is 1. The minimum atomic E-state index is -4.97. The van der Waals surface area contributed by atoms with Crippen molar-refractivity contribution in [2.24, 2.45) is 11.3 Å². The molecule has 1 aliphatic heterocycles. The standard InChI is InChI=1S/C39H39ClF6N6O7S2/c1-37(2,3)30(49-36-48-27(17-60-36)18-5-10-26(41)24(11-18)39(44,45)46)34(54)52-16-20(59-33-23-12-19(40)6-9-22(23)29(58-4)15-47-33)13-28(52)32(53)50-38(14-25(38)31(42)43)35(55)51-61(56,57)21-7-8-21/h5-6,9-12,15,17,20-21,25,28,30-31H,7-8,13-14,16H2,1-4H3,(H,48,49)(H,50,53)(H,51,55)/t20-,25+,28+,30-,38-/m1/s1. The number of amides is 3. The fraction of sp³-hybridized carbons (Fsp3) is 0.462. The Morgan fingerprint density at radius 2 is 1.79 bits per heavy atom. The molecule has 61 heavy (non-hydrogen) atoms. The van der Waals surface area contributed by atoms with Crippen molar-refractivity contribution < 1.29 is 58.6 Å². The van der Waals surface area contributed by atoms with Crippen LogP contribution in [0.5, 0.6) is 11.6 Å². The second kappa shape index (κ2) is 16.1. The molecule has 3 fully saturated rings. The van der Waals surface area contributed by atoms with Crippen molar-refractivity contribution in [3.05, 3.63) is 64.4 Å². The van der Waals surface area contributed by atoms with Crippen molar-refractivity contribution in [3.63, 3.8) is 0 Å². The summed E-state index contributed by atoms with van der Waals surface area (Å²) in [6, 6.07) is 4.65. The average molecular weight is 917 g/mol. The number of methoxy groups -OCH3 is 1. The third-order valence-corrected chi connectivity index (χ3v) is 13.7. The first kappa shape index (κ1) is 44.2. The number of nitrogens with one attached hydrogen (secondary N) is 3. The highest BCUT2D eigenvalue weighted by atomic mass is 35.5. The number of nitrogens with zero attached hydrogens (tertiary/aromatic N) is 3. The topological polar surface area (TPSA) is 169 Å². The number of hydrogen-bond donors (Lipinski definition) is 3. The summed E-state index contributed by atoms with van der Waals surface area (Å²) in [5.74, 6) is -5.77. The van der Waals surface area contributed by atoms with Gasteiger partial charge < -0.3 is 25.0 Å². The molecular formula is C39H39ClF6N6O7S2. The summed E-state index contributed by atoms with van der Waals surface area (Å²) in [5, 5.41) is 7.39. The minimum Gasteiger partial charge on any atom is -0.494 e. The van der Waals surface area contributed by atoms with Crippen molar-refractivity contribution in [2.45, 2.75) is 88.0 Å². The Hall–Kier alpha value is -4.89. The van der Waals surface area contributed by atoms with Crippen LogP contribution in [0, 0.1) is 17.2 Å². The van der Waals surface area contributed by atoms with Crippen LogP contribution in [0.15, 0.2) is 48.0 Å². The molecule has 1 saturated heterocycles. The number of alkyl halides is 5. The van der Waals surface area contributed by atoms with Crippen molar-refractivity contribution >= 4 is 66.6 Å². The molecule has 4 aromatic rings. The molecule has 3 amide bonds. The second-order valence-corrected chi connectivity index (χ2v) is 19.5. The van der Waals surface area contributed by atoms with Crippen molar-refractivity contribution in [3.8, 4) is 22.9 Å². The van der Waals surface area contributed by atoms with E-state index in [2.05, 4.69) is 20.6 Å². The number of aromatic nitrogens is 2. The summed E-state index contributed by atoms with van der Waals surface area (Å²) < 4.78 is 122. The SMILES string of the molecule is COc1cnc(O[C@@H]2C[C@@H](C(=O)N[C@]3(C(=O)NS(=O)(=O)C4CC4)C[C@H]3C(F)F)N(C(=O)[C@@H](Nc3nc(-c4ccc(F)c(C(F)(F)F)c4)cs3)C(C)(C)C)C2)c2cc(Cl)ccc12. The highest BCUT2D eigenvalue weighted by molar-refractivity contribution is 7.91. The van der Waals surface area contributed by atoms with Crippen LogP contribution >= 0.6 is 22.9 Å². The van der Waals surface area contributed by atoms with Crippen LogP contribution in [-0.2, 0) is 30.6 Å². The summed E-state index contributed by atoms with van der Waals surface area (Å²) in [5.41, 5.74) is -4.73. The fourth-order valence-electron chi connectivity index (χ4n) is 7.31. The summed E-state index contributed by atoms with van der Waals surface area (Å²) in [6.45, 7) is 4.81. The maximum absolute atomic E-state index is 14.8. The largest absolute Gasteiger partial charge is 0.494 e. The number of sulfonamides is 1. The number of fused-ring (bicyclic) bond motifs is 1. The number of pyridine rings is 1. The third kappa shape index (κ3) is 9.04. The Kier molecular flexibility index (Phi) is 11.7. The van der Waals surface area contributed by atoms with Crippen LogP contribution in [0.25, 0.3) is 22.0 Å². The van der Waals surface area contributed by atoms with E-state index >= 15 is 0 Å². The Balaban J connectivity index is 1.20. The van der Waals surface area contributed by atoms with Crippen LogP contribution in [0.3, 0.4) is 0 Å². The number of thiazole rings is 1. The molecule has 3 aliphatic rings. The zero-order chi connectivity index (χ0) is 44.4. The zero-order valence-corrected chi connectivity index (χ0v) is 35.2. The highest BCUT2D eigenvalue weighted by Gasteiger charge is 2.67. The van der Waals surface area contributed by atoms with Gasteiger partial charge in [0.2, 0.25) is 34.1 Å². The molecule has 22 heteroatoms.